The molecule has 1 aromatic heterocycles. The zero-order chi connectivity index (χ0) is 17.8. The van der Waals surface area contributed by atoms with Crippen LogP contribution in [0, 0.1) is 0 Å². The highest BCUT2D eigenvalue weighted by Gasteiger charge is 2.17. The zero-order valence-corrected chi connectivity index (χ0v) is 16.2. The zero-order valence-electron chi connectivity index (χ0n) is 14.1. The van der Waals surface area contributed by atoms with Crippen molar-refractivity contribution >= 4 is 22.9 Å². The van der Waals surface area contributed by atoms with E-state index in [9.17, 15) is 9.59 Å². The second kappa shape index (κ2) is 8.15. The van der Waals surface area contributed by atoms with E-state index in [4.69, 9.17) is 4.74 Å². The Morgan fingerprint density at radius 1 is 1.08 bits per heavy atom. The Hall–Kier alpha value is -1.65. The minimum Gasteiger partial charge on any atom is -0.497 e. The lowest BCUT2D eigenvalue weighted by atomic mass is 10.2. The molecule has 3 rings (SSSR count). The van der Waals surface area contributed by atoms with Crippen LogP contribution < -0.4 is 15.7 Å². The van der Waals surface area contributed by atoms with Crippen molar-refractivity contribution in [2.24, 2.45) is 0 Å². The fourth-order valence-electron chi connectivity index (χ4n) is 2.81. The third kappa shape index (κ3) is 4.50. The van der Waals surface area contributed by atoms with Gasteiger partial charge in [0, 0.05) is 67.3 Å². The van der Waals surface area contributed by atoms with Gasteiger partial charge in [-0.15, -0.1) is 0 Å². The molecule has 7 nitrogen and oxygen atoms in total. The minimum absolute atomic E-state index is 0.325. The van der Waals surface area contributed by atoms with Crippen LogP contribution in [0.25, 0.3) is 0 Å². The second-order valence-electron chi connectivity index (χ2n) is 6.05. The van der Waals surface area contributed by atoms with E-state index in [0.717, 1.165) is 37.5 Å². The molecule has 0 aliphatic carbocycles. The van der Waals surface area contributed by atoms with Gasteiger partial charge >= 0.3 is 5.56 Å². The average molecular weight is 456 g/mol. The molecule has 0 amide bonds. The molecule has 2 aromatic rings. The minimum atomic E-state index is -0.513. The number of rotatable bonds is 5. The standard InChI is InChI=1S/C17H21IN4O3/c1-25-15-4-2-13(3-5-15)11-22-17(24)16(23)14(10-19-22)12-20-6-8-21(18)9-7-20/h2-5,10,19H,6-9,11-12H2,1H3. The van der Waals surface area contributed by atoms with Crippen molar-refractivity contribution in [1.82, 2.24) is 17.8 Å². The van der Waals surface area contributed by atoms with Crippen molar-refractivity contribution < 1.29 is 4.74 Å². The molecule has 1 aromatic carbocycles. The Morgan fingerprint density at radius 3 is 2.40 bits per heavy atom. The highest BCUT2D eigenvalue weighted by Crippen LogP contribution is 2.11. The van der Waals surface area contributed by atoms with Crippen molar-refractivity contribution in [1.29, 1.82) is 0 Å². The highest BCUT2D eigenvalue weighted by atomic mass is 127. The maximum Gasteiger partial charge on any atom is 0.313 e. The van der Waals surface area contributed by atoms with Gasteiger partial charge in [0.15, 0.2) is 0 Å². The molecule has 0 radical (unpaired) electrons. The average Bonchev–Trinajstić information content (AvgIpc) is 2.64. The van der Waals surface area contributed by atoms with Gasteiger partial charge in [-0.1, -0.05) is 12.1 Å². The number of nitrogens with zero attached hydrogens (tertiary/aromatic N) is 3. The number of benzene rings is 1. The summed E-state index contributed by atoms with van der Waals surface area (Å²) in [5.74, 6) is 0.756. The molecular weight excluding hydrogens is 435 g/mol. The summed E-state index contributed by atoms with van der Waals surface area (Å²) in [5, 5.41) is 2.96. The quantitative estimate of drug-likeness (QED) is 0.414. The van der Waals surface area contributed by atoms with Crippen LogP contribution in [0.5, 0.6) is 5.75 Å². The Kier molecular flexibility index (Phi) is 5.92. The van der Waals surface area contributed by atoms with Crippen molar-refractivity contribution in [2.75, 3.05) is 33.3 Å². The van der Waals surface area contributed by atoms with Crippen LogP contribution in [0.1, 0.15) is 11.1 Å². The number of nitrogens with one attached hydrogen (secondary N) is 1. The largest absolute Gasteiger partial charge is 0.497 e. The number of hydrogen-bond acceptors (Lipinski definition) is 5. The van der Waals surface area contributed by atoms with Gasteiger partial charge in [-0.3, -0.25) is 14.5 Å². The van der Waals surface area contributed by atoms with E-state index in [2.05, 4.69) is 36.0 Å². The first-order valence-electron chi connectivity index (χ1n) is 8.14. The van der Waals surface area contributed by atoms with Crippen LogP contribution in [0.3, 0.4) is 0 Å². The summed E-state index contributed by atoms with van der Waals surface area (Å²) in [5.41, 5.74) is 0.507. The van der Waals surface area contributed by atoms with Gasteiger partial charge in [0.1, 0.15) is 5.75 Å². The number of aromatic nitrogens is 2. The van der Waals surface area contributed by atoms with Gasteiger partial charge in [0.05, 0.1) is 13.7 Å². The fourth-order valence-corrected chi connectivity index (χ4v) is 3.24. The van der Waals surface area contributed by atoms with Gasteiger partial charge in [-0.05, 0) is 17.7 Å². The SMILES string of the molecule is COc1ccc(Cn2[nH]cc(CN3CCN(I)CC3)c(=O)c2=O)cc1. The van der Waals surface area contributed by atoms with Gasteiger partial charge < -0.3 is 9.84 Å². The number of piperazine rings is 1. The van der Waals surface area contributed by atoms with E-state index in [1.165, 1.54) is 4.68 Å². The Bertz CT molecular complexity index is 823. The lowest BCUT2D eigenvalue weighted by Crippen LogP contribution is -2.44. The summed E-state index contributed by atoms with van der Waals surface area (Å²) in [6, 6.07) is 7.42. The molecule has 0 unspecified atom stereocenters. The Morgan fingerprint density at radius 2 is 1.76 bits per heavy atom. The smallest absolute Gasteiger partial charge is 0.313 e. The topological polar surface area (TPSA) is 70.6 Å². The highest BCUT2D eigenvalue weighted by molar-refractivity contribution is 14.1. The normalized spacial score (nSPS) is 16.1. The van der Waals surface area contributed by atoms with Crippen molar-refractivity contribution in [2.45, 2.75) is 13.1 Å². The summed E-state index contributed by atoms with van der Waals surface area (Å²) >= 11 is 2.31. The second-order valence-corrected chi connectivity index (χ2v) is 7.42. The molecule has 0 spiro atoms. The van der Waals surface area contributed by atoms with E-state index >= 15 is 0 Å². The maximum atomic E-state index is 12.4. The number of hydrogen-bond donors (Lipinski definition) is 1. The molecule has 1 N–H and O–H groups in total. The maximum absolute atomic E-state index is 12.4. The first-order chi connectivity index (χ1) is 12.1. The number of ether oxygens (including phenoxy) is 1. The van der Waals surface area contributed by atoms with Gasteiger partial charge in [-0.25, -0.2) is 7.80 Å². The molecule has 2 heterocycles. The summed E-state index contributed by atoms with van der Waals surface area (Å²) in [6.07, 6.45) is 1.66. The molecule has 1 aliphatic heterocycles. The Labute approximate surface area is 159 Å². The van der Waals surface area contributed by atoms with Gasteiger partial charge in [0.2, 0.25) is 0 Å². The third-order valence-electron chi connectivity index (χ3n) is 4.34. The van der Waals surface area contributed by atoms with Crippen LogP contribution in [0.15, 0.2) is 40.1 Å². The van der Waals surface area contributed by atoms with E-state index < -0.39 is 11.0 Å². The first kappa shape index (κ1) is 18.2. The fraction of sp³-hybridized carbons (Fsp3) is 0.412. The molecule has 1 fully saturated rings. The van der Waals surface area contributed by atoms with Crippen molar-refractivity contribution in [3.8, 4) is 5.75 Å². The summed E-state index contributed by atoms with van der Waals surface area (Å²) < 4.78 is 8.69. The summed E-state index contributed by atoms with van der Waals surface area (Å²) in [6.45, 7) is 4.57. The van der Waals surface area contributed by atoms with Gasteiger partial charge in [0.25, 0.3) is 5.43 Å². The van der Waals surface area contributed by atoms with E-state index in [1.807, 2.05) is 24.3 Å². The van der Waals surface area contributed by atoms with Crippen LogP contribution in [-0.4, -0.2) is 51.1 Å². The number of H-pyrrole nitrogens is 1. The van der Waals surface area contributed by atoms with Gasteiger partial charge in [-0.2, -0.15) is 0 Å². The van der Waals surface area contributed by atoms with Crippen molar-refractivity contribution in [3.05, 3.63) is 62.2 Å². The van der Waals surface area contributed by atoms with Crippen LogP contribution >= 0.6 is 22.9 Å². The molecule has 25 heavy (non-hydrogen) atoms. The number of methoxy groups -OCH3 is 1. The molecular formula is C17H21IN4O3. The Balaban J connectivity index is 1.73. The van der Waals surface area contributed by atoms with Crippen LogP contribution in [0.2, 0.25) is 0 Å². The van der Waals surface area contributed by atoms with Crippen LogP contribution in [0.4, 0.5) is 0 Å². The molecule has 0 saturated carbocycles. The molecule has 0 atom stereocenters. The predicted octanol–water partition coefficient (Wildman–Crippen LogP) is 1.06. The molecule has 1 saturated heterocycles. The monoisotopic (exact) mass is 456 g/mol. The molecule has 0 bridgehead atoms. The van der Waals surface area contributed by atoms with Crippen LogP contribution in [-0.2, 0) is 13.1 Å². The molecule has 8 heteroatoms. The van der Waals surface area contributed by atoms with Crippen molar-refractivity contribution in [3.63, 3.8) is 0 Å². The lowest BCUT2D eigenvalue weighted by Gasteiger charge is -2.30. The first-order valence-corrected chi connectivity index (χ1v) is 9.10. The lowest BCUT2D eigenvalue weighted by molar-refractivity contribution is 0.197. The third-order valence-corrected chi connectivity index (χ3v) is 5.30. The summed E-state index contributed by atoms with van der Waals surface area (Å²) in [7, 11) is 1.61. The molecule has 134 valence electrons. The van der Waals surface area contributed by atoms with E-state index in [0.29, 0.717) is 18.7 Å². The summed E-state index contributed by atoms with van der Waals surface area (Å²) in [4.78, 5) is 27.0. The number of halogens is 1. The van der Waals surface area contributed by atoms with E-state index in [1.54, 1.807) is 13.3 Å². The number of aromatic amines is 1. The predicted molar refractivity (Wildman–Crippen MR) is 104 cm³/mol. The molecule has 1 aliphatic rings. The van der Waals surface area contributed by atoms with E-state index in [-0.39, 0.29) is 0 Å².